The Kier molecular flexibility index (Phi) is 4.70. The van der Waals surface area contributed by atoms with Crippen LogP contribution >= 0.6 is 34.8 Å². The van der Waals surface area contributed by atoms with Crippen LogP contribution < -0.4 is 5.32 Å². The topological polar surface area (TPSA) is 29.1 Å². The molecule has 2 aromatic rings. The van der Waals surface area contributed by atoms with Crippen LogP contribution in [0.4, 0.5) is 0 Å². The van der Waals surface area contributed by atoms with Crippen LogP contribution in [-0.4, -0.2) is 12.5 Å². The second-order valence-corrected chi connectivity index (χ2v) is 8.29. The summed E-state index contributed by atoms with van der Waals surface area (Å²) in [5, 5.41) is 5.06. The van der Waals surface area contributed by atoms with E-state index in [1.54, 1.807) is 6.07 Å². The monoisotopic (exact) mass is 393 g/mol. The highest BCUT2D eigenvalue weighted by atomic mass is 35.5. The van der Waals surface area contributed by atoms with Crippen molar-refractivity contribution in [2.24, 2.45) is 11.8 Å². The van der Waals surface area contributed by atoms with Crippen molar-refractivity contribution in [2.45, 2.75) is 24.7 Å². The summed E-state index contributed by atoms with van der Waals surface area (Å²) in [6.45, 7) is 0.772. The summed E-state index contributed by atoms with van der Waals surface area (Å²) in [5.41, 5.74) is 2.32. The van der Waals surface area contributed by atoms with E-state index in [0.29, 0.717) is 21.9 Å². The number of amides is 1. The van der Waals surface area contributed by atoms with Crippen molar-refractivity contribution in [1.82, 2.24) is 5.32 Å². The Morgan fingerprint density at radius 3 is 2.28 bits per heavy atom. The molecule has 2 aromatic carbocycles. The van der Waals surface area contributed by atoms with Gasteiger partial charge in [0.05, 0.1) is 0 Å². The molecule has 0 radical (unpaired) electrons. The van der Waals surface area contributed by atoms with Gasteiger partial charge in [-0.1, -0.05) is 53.0 Å². The summed E-state index contributed by atoms with van der Waals surface area (Å²) in [5.74, 6) is 1.13. The molecule has 2 nitrogen and oxygen atoms in total. The molecular formula is C20H18Cl3NO. The summed E-state index contributed by atoms with van der Waals surface area (Å²) >= 11 is 18.7. The zero-order valence-corrected chi connectivity index (χ0v) is 15.8. The van der Waals surface area contributed by atoms with Crippen LogP contribution in [0.1, 0.15) is 35.8 Å². The Morgan fingerprint density at radius 2 is 1.56 bits per heavy atom. The Balaban J connectivity index is 1.75. The summed E-state index contributed by atoms with van der Waals surface area (Å²) < 4.78 is 0. The largest absolute Gasteiger partial charge is 0.356 e. The standard InChI is InChI=1S/C20H18Cl3NO/c21-13-3-1-11(2-4-13)16-7-12-10-24-20(25)17(12)9-18(16)15-6-5-14(22)8-19(15)23/h1-6,8,12,16-18H,7,9-10H2,(H,24,25)/t12-,16-,17-,18-/m1/s1. The molecule has 1 saturated heterocycles. The zero-order valence-electron chi connectivity index (χ0n) is 13.5. The van der Waals surface area contributed by atoms with E-state index in [4.69, 9.17) is 34.8 Å². The number of carbonyl (C=O) groups excluding carboxylic acids is 1. The van der Waals surface area contributed by atoms with E-state index in [1.165, 1.54) is 5.56 Å². The summed E-state index contributed by atoms with van der Waals surface area (Å²) in [7, 11) is 0. The molecule has 2 aliphatic rings. The lowest BCUT2D eigenvalue weighted by Crippen LogP contribution is -2.30. The smallest absolute Gasteiger partial charge is 0.223 e. The van der Waals surface area contributed by atoms with Gasteiger partial charge < -0.3 is 5.32 Å². The van der Waals surface area contributed by atoms with Crippen LogP contribution in [0.3, 0.4) is 0 Å². The third-order valence-corrected chi connectivity index (χ3v) is 6.47. The van der Waals surface area contributed by atoms with Gasteiger partial charge in [0.15, 0.2) is 0 Å². The molecule has 1 aliphatic carbocycles. The third-order valence-electron chi connectivity index (χ3n) is 5.65. The second kappa shape index (κ2) is 6.83. The van der Waals surface area contributed by atoms with Gasteiger partial charge in [-0.05, 0) is 66.0 Å². The SMILES string of the molecule is O=C1NC[C@H]2C[C@H](c3ccc(Cl)cc3)[C@@H](c3ccc(Cl)cc3Cl)C[C@@H]12. The lowest BCUT2D eigenvalue weighted by Gasteiger charge is -2.38. The fraction of sp³-hybridized carbons (Fsp3) is 0.350. The predicted octanol–water partition coefficient (Wildman–Crippen LogP) is 5.67. The molecule has 5 heteroatoms. The van der Waals surface area contributed by atoms with Gasteiger partial charge in [0, 0.05) is 27.5 Å². The van der Waals surface area contributed by atoms with Gasteiger partial charge in [0.25, 0.3) is 0 Å². The number of rotatable bonds is 2. The fourth-order valence-electron chi connectivity index (χ4n) is 4.42. The van der Waals surface area contributed by atoms with Gasteiger partial charge in [-0.2, -0.15) is 0 Å². The van der Waals surface area contributed by atoms with Crippen molar-refractivity contribution in [2.75, 3.05) is 6.54 Å². The molecule has 2 fully saturated rings. The molecule has 0 unspecified atom stereocenters. The highest BCUT2D eigenvalue weighted by Gasteiger charge is 2.45. The Morgan fingerprint density at radius 1 is 0.840 bits per heavy atom. The average molecular weight is 395 g/mol. The Hall–Kier alpha value is -1.22. The quantitative estimate of drug-likeness (QED) is 0.698. The maximum atomic E-state index is 12.2. The third kappa shape index (κ3) is 3.28. The molecule has 25 heavy (non-hydrogen) atoms. The van der Waals surface area contributed by atoms with Crippen molar-refractivity contribution < 1.29 is 4.79 Å². The first-order valence-electron chi connectivity index (χ1n) is 8.51. The van der Waals surface area contributed by atoms with Crippen LogP contribution in [0.2, 0.25) is 15.1 Å². The van der Waals surface area contributed by atoms with Crippen LogP contribution in [0.25, 0.3) is 0 Å². The first-order valence-corrected chi connectivity index (χ1v) is 9.64. The maximum absolute atomic E-state index is 12.2. The average Bonchev–Trinajstić information content (AvgIpc) is 2.95. The highest BCUT2D eigenvalue weighted by Crippen LogP contribution is 2.51. The van der Waals surface area contributed by atoms with E-state index in [1.807, 2.05) is 24.3 Å². The van der Waals surface area contributed by atoms with E-state index < -0.39 is 0 Å². The molecule has 1 saturated carbocycles. The zero-order chi connectivity index (χ0) is 17.6. The van der Waals surface area contributed by atoms with Crippen LogP contribution in [0, 0.1) is 11.8 Å². The van der Waals surface area contributed by atoms with E-state index in [-0.39, 0.29) is 17.7 Å². The molecule has 0 bridgehead atoms. The van der Waals surface area contributed by atoms with Gasteiger partial charge >= 0.3 is 0 Å². The minimum absolute atomic E-state index is 0.0697. The van der Waals surface area contributed by atoms with E-state index in [9.17, 15) is 4.79 Å². The summed E-state index contributed by atoms with van der Waals surface area (Å²) in [4.78, 5) is 12.2. The molecule has 1 N–H and O–H groups in total. The fourth-order valence-corrected chi connectivity index (χ4v) is 5.09. The van der Waals surface area contributed by atoms with Crippen molar-refractivity contribution in [1.29, 1.82) is 0 Å². The first-order chi connectivity index (χ1) is 12.0. The molecule has 0 spiro atoms. The number of hydrogen-bond acceptors (Lipinski definition) is 1. The van der Waals surface area contributed by atoms with E-state index in [0.717, 1.165) is 30.0 Å². The molecular weight excluding hydrogens is 377 g/mol. The number of nitrogens with one attached hydrogen (secondary N) is 1. The minimum atomic E-state index is 0.0697. The molecule has 130 valence electrons. The normalized spacial score (nSPS) is 28.5. The van der Waals surface area contributed by atoms with Gasteiger partial charge in [-0.3, -0.25) is 4.79 Å². The van der Waals surface area contributed by atoms with Crippen LogP contribution in [-0.2, 0) is 4.79 Å². The van der Waals surface area contributed by atoms with Gasteiger partial charge in [-0.15, -0.1) is 0 Å². The summed E-state index contributed by atoms with van der Waals surface area (Å²) in [6.07, 6.45) is 1.78. The molecule has 1 aliphatic heterocycles. The van der Waals surface area contributed by atoms with Crippen LogP contribution in [0.5, 0.6) is 0 Å². The predicted molar refractivity (Wildman–Crippen MR) is 103 cm³/mol. The molecule has 4 rings (SSSR count). The van der Waals surface area contributed by atoms with Crippen molar-refractivity contribution in [3.8, 4) is 0 Å². The number of hydrogen-bond donors (Lipinski definition) is 1. The van der Waals surface area contributed by atoms with Gasteiger partial charge in [-0.25, -0.2) is 0 Å². The Bertz CT molecular complexity index is 805. The maximum Gasteiger partial charge on any atom is 0.223 e. The number of halogens is 3. The van der Waals surface area contributed by atoms with E-state index in [2.05, 4.69) is 17.4 Å². The first kappa shape index (κ1) is 17.2. The van der Waals surface area contributed by atoms with Gasteiger partial charge in [0.1, 0.15) is 0 Å². The minimum Gasteiger partial charge on any atom is -0.356 e. The lowest BCUT2D eigenvalue weighted by molar-refractivity contribution is -0.123. The Labute approximate surface area is 162 Å². The number of fused-ring (bicyclic) bond motifs is 1. The summed E-state index contributed by atoms with van der Waals surface area (Å²) in [6, 6.07) is 13.7. The van der Waals surface area contributed by atoms with Crippen molar-refractivity contribution >= 4 is 40.7 Å². The highest BCUT2D eigenvalue weighted by molar-refractivity contribution is 6.35. The lowest BCUT2D eigenvalue weighted by atomic mass is 9.65. The van der Waals surface area contributed by atoms with E-state index >= 15 is 0 Å². The van der Waals surface area contributed by atoms with Crippen LogP contribution in [0.15, 0.2) is 42.5 Å². The molecule has 0 aromatic heterocycles. The van der Waals surface area contributed by atoms with Gasteiger partial charge in [0.2, 0.25) is 5.91 Å². The number of benzene rings is 2. The molecule has 1 amide bonds. The van der Waals surface area contributed by atoms with Crippen molar-refractivity contribution in [3.63, 3.8) is 0 Å². The number of carbonyl (C=O) groups is 1. The van der Waals surface area contributed by atoms with Crippen molar-refractivity contribution in [3.05, 3.63) is 68.7 Å². The second-order valence-electron chi connectivity index (χ2n) is 7.01. The molecule has 1 heterocycles. The molecule has 4 atom stereocenters.